The molecule has 1 amide bonds. The second-order valence-corrected chi connectivity index (χ2v) is 10.3. The zero-order chi connectivity index (χ0) is 18.0. The van der Waals surface area contributed by atoms with Crippen molar-refractivity contribution in [2.45, 2.75) is 101 Å². The molecule has 0 aromatic heterocycles. The first-order chi connectivity index (χ1) is 9.55. The molecule has 0 aliphatic rings. The molecule has 22 heavy (non-hydrogen) atoms. The zero-order valence-corrected chi connectivity index (χ0v) is 17.1. The first-order valence-corrected chi connectivity index (χ1v) is 8.87. The van der Waals surface area contributed by atoms with Crippen LogP contribution in [-0.4, -0.2) is 11.4 Å². The van der Waals surface area contributed by atoms with E-state index in [1.54, 1.807) is 0 Å². The Morgan fingerprint density at radius 2 is 1.36 bits per heavy atom. The lowest BCUT2D eigenvalue weighted by atomic mass is 9.67. The van der Waals surface area contributed by atoms with Crippen molar-refractivity contribution in [2.24, 2.45) is 22.2 Å². The van der Waals surface area contributed by atoms with E-state index in [2.05, 4.69) is 81.5 Å². The molecule has 0 fully saturated rings. The van der Waals surface area contributed by atoms with Crippen LogP contribution in [0.3, 0.4) is 0 Å². The molecule has 1 N–H and O–H groups in total. The lowest BCUT2D eigenvalue weighted by Gasteiger charge is -2.41. The molecule has 132 valence electrons. The third-order valence-electron chi connectivity index (χ3n) is 5.16. The lowest BCUT2D eigenvalue weighted by Crippen LogP contribution is -2.52. The number of amides is 1. The molecule has 1 unspecified atom stereocenters. The molecule has 0 aromatic rings. The van der Waals surface area contributed by atoms with Crippen molar-refractivity contribution in [3.05, 3.63) is 0 Å². The molecule has 0 bridgehead atoms. The zero-order valence-electron chi connectivity index (χ0n) is 17.1. The van der Waals surface area contributed by atoms with Crippen LogP contribution >= 0.6 is 0 Å². The summed E-state index contributed by atoms with van der Waals surface area (Å²) in [7, 11) is 0. The summed E-state index contributed by atoms with van der Waals surface area (Å²) >= 11 is 0. The highest BCUT2D eigenvalue weighted by molar-refractivity contribution is 5.82. The lowest BCUT2D eigenvalue weighted by molar-refractivity contribution is -0.134. The molecule has 2 heteroatoms. The minimum absolute atomic E-state index is 0.163. The van der Waals surface area contributed by atoms with Gasteiger partial charge in [0.15, 0.2) is 0 Å². The second-order valence-electron chi connectivity index (χ2n) is 10.3. The number of hydrogen-bond donors (Lipinski definition) is 1. The SMILES string of the molecule is CCC(C)(CC(C)(C)C(C)C)C(=O)NC(C)(C)CC(C)(C)C. The molecule has 0 radical (unpaired) electrons. The van der Waals surface area contributed by atoms with Crippen LogP contribution in [0, 0.1) is 22.2 Å². The van der Waals surface area contributed by atoms with Gasteiger partial charge in [-0.25, -0.2) is 0 Å². The van der Waals surface area contributed by atoms with Gasteiger partial charge in [0.05, 0.1) is 0 Å². The molecule has 0 heterocycles. The van der Waals surface area contributed by atoms with Gasteiger partial charge in [0.1, 0.15) is 0 Å². The Hall–Kier alpha value is -0.530. The Morgan fingerprint density at radius 3 is 1.68 bits per heavy atom. The fourth-order valence-electron chi connectivity index (χ4n) is 3.40. The molecule has 0 aliphatic heterocycles. The predicted octanol–water partition coefficient (Wildman–Crippen LogP) is 5.81. The number of nitrogens with one attached hydrogen (secondary N) is 1. The third-order valence-corrected chi connectivity index (χ3v) is 5.16. The van der Waals surface area contributed by atoms with E-state index in [1.807, 2.05) is 0 Å². The Balaban J connectivity index is 5.13. The predicted molar refractivity (Wildman–Crippen MR) is 97.9 cm³/mol. The van der Waals surface area contributed by atoms with Gasteiger partial charge in [-0.2, -0.15) is 0 Å². The largest absolute Gasteiger partial charge is 0.351 e. The summed E-state index contributed by atoms with van der Waals surface area (Å²) in [6.07, 6.45) is 2.77. The highest BCUT2D eigenvalue weighted by Crippen LogP contribution is 2.41. The van der Waals surface area contributed by atoms with Crippen molar-refractivity contribution in [3.8, 4) is 0 Å². The van der Waals surface area contributed by atoms with Crippen molar-refractivity contribution >= 4 is 5.91 Å². The average Bonchev–Trinajstić information content (AvgIpc) is 2.23. The molecule has 0 saturated carbocycles. The Morgan fingerprint density at radius 1 is 0.909 bits per heavy atom. The fraction of sp³-hybridized carbons (Fsp3) is 0.950. The van der Waals surface area contributed by atoms with Crippen LogP contribution in [0.15, 0.2) is 0 Å². The average molecular weight is 312 g/mol. The second kappa shape index (κ2) is 6.93. The molecule has 0 saturated heterocycles. The molecular weight excluding hydrogens is 270 g/mol. The van der Waals surface area contributed by atoms with Crippen molar-refractivity contribution < 1.29 is 4.79 Å². The van der Waals surface area contributed by atoms with Crippen LogP contribution in [0.1, 0.15) is 95.4 Å². The van der Waals surface area contributed by atoms with Gasteiger partial charge in [-0.05, 0) is 49.9 Å². The van der Waals surface area contributed by atoms with Gasteiger partial charge in [0.2, 0.25) is 5.91 Å². The molecule has 2 nitrogen and oxygen atoms in total. The van der Waals surface area contributed by atoms with Gasteiger partial charge in [-0.15, -0.1) is 0 Å². The summed E-state index contributed by atoms with van der Waals surface area (Å²) < 4.78 is 0. The van der Waals surface area contributed by atoms with Gasteiger partial charge in [-0.3, -0.25) is 4.79 Å². The van der Waals surface area contributed by atoms with E-state index >= 15 is 0 Å². The van der Waals surface area contributed by atoms with Gasteiger partial charge in [-0.1, -0.05) is 62.3 Å². The quantitative estimate of drug-likeness (QED) is 0.632. The highest BCUT2D eigenvalue weighted by Gasteiger charge is 2.40. The minimum atomic E-state index is -0.303. The number of carbonyl (C=O) groups is 1. The molecule has 0 rings (SSSR count). The van der Waals surface area contributed by atoms with E-state index in [4.69, 9.17) is 0 Å². The summed E-state index contributed by atoms with van der Waals surface area (Å²) in [5.74, 6) is 0.770. The number of carbonyl (C=O) groups excluding carboxylic acids is 1. The first kappa shape index (κ1) is 21.5. The monoisotopic (exact) mass is 311 g/mol. The Labute approximate surface area is 139 Å². The summed E-state index contributed by atoms with van der Waals surface area (Å²) in [4.78, 5) is 13.0. The first-order valence-electron chi connectivity index (χ1n) is 8.87. The maximum Gasteiger partial charge on any atom is 0.226 e. The van der Waals surface area contributed by atoms with Crippen molar-refractivity contribution in [1.29, 1.82) is 0 Å². The van der Waals surface area contributed by atoms with Crippen LogP contribution in [0.4, 0.5) is 0 Å². The van der Waals surface area contributed by atoms with Crippen LogP contribution in [0.5, 0.6) is 0 Å². The summed E-state index contributed by atoms with van der Waals surface area (Å²) in [5, 5.41) is 3.33. The summed E-state index contributed by atoms with van der Waals surface area (Å²) in [6.45, 7) is 24.3. The van der Waals surface area contributed by atoms with Crippen LogP contribution in [0.2, 0.25) is 0 Å². The number of hydrogen-bond acceptors (Lipinski definition) is 1. The minimum Gasteiger partial charge on any atom is -0.351 e. The number of rotatable bonds is 7. The van der Waals surface area contributed by atoms with E-state index in [0.717, 1.165) is 19.3 Å². The summed E-state index contributed by atoms with van der Waals surface area (Å²) in [6, 6.07) is 0. The third kappa shape index (κ3) is 6.71. The highest BCUT2D eigenvalue weighted by atomic mass is 16.2. The van der Waals surface area contributed by atoms with E-state index < -0.39 is 0 Å². The standard InChI is InChI=1S/C20H41NO/c1-12-20(11,14-18(7,8)15(2)3)16(22)21-19(9,10)13-17(4,5)6/h15H,12-14H2,1-11H3,(H,21,22). The van der Waals surface area contributed by atoms with Crippen molar-refractivity contribution in [3.63, 3.8) is 0 Å². The topological polar surface area (TPSA) is 29.1 Å². The Bertz CT molecular complexity index is 374. The van der Waals surface area contributed by atoms with Crippen LogP contribution in [0.25, 0.3) is 0 Å². The van der Waals surface area contributed by atoms with Gasteiger partial charge in [0, 0.05) is 11.0 Å². The van der Waals surface area contributed by atoms with E-state index in [1.165, 1.54) is 0 Å². The van der Waals surface area contributed by atoms with E-state index in [0.29, 0.717) is 5.92 Å². The van der Waals surface area contributed by atoms with Gasteiger partial charge >= 0.3 is 0 Å². The molecule has 0 aromatic carbocycles. The Kier molecular flexibility index (Phi) is 6.76. The molecule has 1 atom stereocenters. The molecule has 0 aliphatic carbocycles. The summed E-state index contributed by atoms with van der Waals surface area (Å²) in [5.41, 5.74) is -0.108. The molecule has 0 spiro atoms. The van der Waals surface area contributed by atoms with Crippen molar-refractivity contribution in [2.75, 3.05) is 0 Å². The van der Waals surface area contributed by atoms with Gasteiger partial charge in [0.25, 0.3) is 0 Å². The smallest absolute Gasteiger partial charge is 0.226 e. The fourth-order valence-corrected chi connectivity index (χ4v) is 3.40. The van der Waals surface area contributed by atoms with E-state index in [-0.39, 0.29) is 27.7 Å². The molecular formula is C20H41NO. The van der Waals surface area contributed by atoms with Crippen molar-refractivity contribution in [1.82, 2.24) is 5.32 Å². The van der Waals surface area contributed by atoms with E-state index in [9.17, 15) is 4.79 Å². The normalized spacial score (nSPS) is 16.5. The van der Waals surface area contributed by atoms with Crippen LogP contribution in [-0.2, 0) is 4.79 Å². The maximum absolute atomic E-state index is 13.0. The maximum atomic E-state index is 13.0. The van der Waals surface area contributed by atoms with Gasteiger partial charge < -0.3 is 5.32 Å². The van der Waals surface area contributed by atoms with Crippen LogP contribution < -0.4 is 5.32 Å².